The molecule has 1 aromatic heterocycles. The maximum atomic E-state index is 8.94. The molecule has 1 aromatic rings. The summed E-state index contributed by atoms with van der Waals surface area (Å²) in [6, 6.07) is 3.99. The van der Waals surface area contributed by atoms with Crippen molar-refractivity contribution >= 4 is 22.9 Å². The van der Waals surface area contributed by atoms with Crippen LogP contribution in [0, 0.1) is 5.92 Å². The van der Waals surface area contributed by atoms with Gasteiger partial charge in [-0.2, -0.15) is 0 Å². The molecule has 0 radical (unpaired) electrons. The highest BCUT2D eigenvalue weighted by Crippen LogP contribution is 2.21. The first-order valence-electron chi connectivity index (χ1n) is 5.82. The summed E-state index contributed by atoms with van der Waals surface area (Å²) in [6.07, 6.45) is 3.25. The fourth-order valence-corrected chi connectivity index (χ4v) is 2.84. The Bertz CT molecular complexity index is 284. The highest BCUT2D eigenvalue weighted by Gasteiger charge is 2.06. The Hall–Kier alpha value is -0.0900. The van der Waals surface area contributed by atoms with Crippen LogP contribution in [0.25, 0.3) is 0 Å². The van der Waals surface area contributed by atoms with Crippen molar-refractivity contribution in [3.8, 4) is 0 Å². The molecule has 1 atom stereocenters. The van der Waals surface area contributed by atoms with E-state index in [1.807, 2.05) is 6.07 Å². The van der Waals surface area contributed by atoms with Crippen molar-refractivity contribution in [1.29, 1.82) is 0 Å². The lowest BCUT2D eigenvalue weighted by atomic mass is 10.0. The average Bonchev–Trinajstić information content (AvgIpc) is 2.65. The number of aliphatic hydroxyl groups excluding tert-OH is 1. The molecule has 4 heteroatoms. The van der Waals surface area contributed by atoms with E-state index in [1.54, 1.807) is 11.3 Å². The minimum atomic E-state index is 0.289. The van der Waals surface area contributed by atoms with Gasteiger partial charge in [-0.3, -0.25) is 0 Å². The molecule has 0 aliphatic heterocycles. The van der Waals surface area contributed by atoms with Crippen LogP contribution in [0.15, 0.2) is 12.1 Å². The second-order valence-corrected chi connectivity index (χ2v) is 5.80. The predicted octanol–water partition coefficient (Wildman–Crippen LogP) is 3.29. The number of thiophene rings is 1. The highest BCUT2D eigenvalue weighted by atomic mass is 35.5. The number of rotatable bonds is 8. The lowest BCUT2D eigenvalue weighted by Crippen LogP contribution is -2.22. The van der Waals surface area contributed by atoms with E-state index in [2.05, 4.69) is 18.3 Å². The number of aliphatic hydroxyl groups is 1. The summed E-state index contributed by atoms with van der Waals surface area (Å²) in [4.78, 5) is 1.27. The minimum absolute atomic E-state index is 0.289. The van der Waals surface area contributed by atoms with Gasteiger partial charge in [0.2, 0.25) is 0 Å². The van der Waals surface area contributed by atoms with E-state index in [0.717, 1.165) is 23.8 Å². The molecule has 16 heavy (non-hydrogen) atoms. The first-order chi connectivity index (χ1) is 7.76. The predicted molar refractivity (Wildman–Crippen MR) is 71.1 cm³/mol. The monoisotopic (exact) mass is 261 g/mol. The van der Waals surface area contributed by atoms with Crippen molar-refractivity contribution in [3.63, 3.8) is 0 Å². The maximum absolute atomic E-state index is 8.94. The smallest absolute Gasteiger partial charge is 0.0931 e. The Balaban J connectivity index is 2.21. The van der Waals surface area contributed by atoms with E-state index in [4.69, 9.17) is 16.7 Å². The van der Waals surface area contributed by atoms with E-state index in [9.17, 15) is 0 Å². The molecule has 0 aliphatic carbocycles. The molecule has 1 rings (SSSR count). The lowest BCUT2D eigenvalue weighted by Gasteiger charge is -2.15. The zero-order valence-corrected chi connectivity index (χ0v) is 11.3. The molecule has 2 nitrogen and oxygen atoms in total. The topological polar surface area (TPSA) is 32.3 Å². The van der Waals surface area contributed by atoms with Gasteiger partial charge in [-0.15, -0.1) is 11.3 Å². The zero-order chi connectivity index (χ0) is 11.8. The van der Waals surface area contributed by atoms with E-state index >= 15 is 0 Å². The molecule has 0 saturated carbocycles. The van der Waals surface area contributed by atoms with Gasteiger partial charge < -0.3 is 10.4 Å². The van der Waals surface area contributed by atoms with Crippen molar-refractivity contribution in [1.82, 2.24) is 5.32 Å². The van der Waals surface area contributed by atoms with Crippen LogP contribution in [0.3, 0.4) is 0 Å². The largest absolute Gasteiger partial charge is 0.396 e. The van der Waals surface area contributed by atoms with Crippen molar-refractivity contribution in [2.75, 3.05) is 13.2 Å². The number of hydrogen-bond donors (Lipinski definition) is 2. The third-order valence-electron chi connectivity index (χ3n) is 2.60. The van der Waals surface area contributed by atoms with Gasteiger partial charge in [0.25, 0.3) is 0 Å². The third kappa shape index (κ3) is 5.30. The Morgan fingerprint density at radius 1 is 1.44 bits per heavy atom. The van der Waals surface area contributed by atoms with Crippen LogP contribution >= 0.6 is 22.9 Å². The van der Waals surface area contributed by atoms with Gasteiger partial charge in [0.15, 0.2) is 0 Å². The van der Waals surface area contributed by atoms with Gasteiger partial charge in [0.05, 0.1) is 4.34 Å². The van der Waals surface area contributed by atoms with Crippen LogP contribution in [0.2, 0.25) is 4.34 Å². The fourth-order valence-electron chi connectivity index (χ4n) is 1.79. The number of hydrogen-bond acceptors (Lipinski definition) is 3. The standard InChI is InChI=1S/C12H20ClNOS/c1-2-3-10(6-7-15)8-14-9-11-4-5-12(13)16-11/h4-5,10,14-15H,2-3,6-9H2,1H3. The van der Waals surface area contributed by atoms with Crippen LogP contribution in [-0.4, -0.2) is 18.3 Å². The summed E-state index contributed by atoms with van der Waals surface area (Å²) in [6.45, 7) is 4.33. The van der Waals surface area contributed by atoms with Gasteiger partial charge in [0, 0.05) is 18.0 Å². The van der Waals surface area contributed by atoms with E-state index < -0.39 is 0 Å². The minimum Gasteiger partial charge on any atom is -0.396 e. The van der Waals surface area contributed by atoms with Gasteiger partial charge in [0.1, 0.15) is 0 Å². The quantitative estimate of drug-likeness (QED) is 0.753. The molecule has 0 saturated heterocycles. The maximum Gasteiger partial charge on any atom is 0.0931 e. The molecule has 0 aromatic carbocycles. The van der Waals surface area contributed by atoms with Crippen LogP contribution in [0.1, 0.15) is 31.1 Å². The van der Waals surface area contributed by atoms with Gasteiger partial charge in [-0.25, -0.2) is 0 Å². The summed E-state index contributed by atoms with van der Waals surface area (Å²) in [7, 11) is 0. The van der Waals surface area contributed by atoms with Crippen molar-refractivity contribution in [2.24, 2.45) is 5.92 Å². The molecule has 0 fully saturated rings. The average molecular weight is 262 g/mol. The second kappa shape index (κ2) is 8.07. The molecule has 0 aliphatic rings. The van der Waals surface area contributed by atoms with Crippen molar-refractivity contribution in [3.05, 3.63) is 21.3 Å². The molecular weight excluding hydrogens is 242 g/mol. The molecule has 0 amide bonds. The van der Waals surface area contributed by atoms with Crippen LogP contribution in [0.4, 0.5) is 0 Å². The van der Waals surface area contributed by atoms with Crippen molar-refractivity contribution < 1.29 is 5.11 Å². The summed E-state index contributed by atoms with van der Waals surface area (Å²) in [5.41, 5.74) is 0. The SMILES string of the molecule is CCCC(CCO)CNCc1ccc(Cl)s1. The fraction of sp³-hybridized carbons (Fsp3) is 0.667. The Labute approximate surface area is 107 Å². The van der Waals surface area contributed by atoms with Crippen LogP contribution in [-0.2, 0) is 6.54 Å². The third-order valence-corrected chi connectivity index (χ3v) is 3.83. The normalized spacial score (nSPS) is 12.9. The number of nitrogens with one attached hydrogen (secondary N) is 1. The first-order valence-corrected chi connectivity index (χ1v) is 7.01. The van der Waals surface area contributed by atoms with E-state index in [0.29, 0.717) is 5.92 Å². The van der Waals surface area contributed by atoms with Gasteiger partial charge >= 0.3 is 0 Å². The lowest BCUT2D eigenvalue weighted by molar-refractivity contribution is 0.248. The molecule has 0 spiro atoms. The summed E-state index contributed by atoms with van der Waals surface area (Å²) in [5, 5.41) is 12.4. The van der Waals surface area contributed by atoms with Crippen LogP contribution in [0.5, 0.6) is 0 Å². The van der Waals surface area contributed by atoms with Gasteiger partial charge in [-0.05, 0) is 37.4 Å². The first kappa shape index (κ1) is 14.0. The molecule has 0 bridgehead atoms. The molecule has 1 unspecified atom stereocenters. The van der Waals surface area contributed by atoms with Gasteiger partial charge in [-0.1, -0.05) is 24.9 Å². The molecule has 92 valence electrons. The highest BCUT2D eigenvalue weighted by molar-refractivity contribution is 7.16. The summed E-state index contributed by atoms with van der Waals surface area (Å²) >= 11 is 7.48. The number of halogens is 1. The molecular formula is C12H20ClNOS. The Morgan fingerprint density at radius 3 is 2.81 bits per heavy atom. The van der Waals surface area contributed by atoms with E-state index in [-0.39, 0.29) is 6.61 Å². The molecule has 1 heterocycles. The van der Waals surface area contributed by atoms with Crippen LogP contribution < -0.4 is 5.32 Å². The Kier molecular flexibility index (Phi) is 7.05. The summed E-state index contributed by atoms with van der Waals surface area (Å²) in [5.74, 6) is 0.588. The molecule has 2 N–H and O–H groups in total. The zero-order valence-electron chi connectivity index (χ0n) is 9.71. The Morgan fingerprint density at radius 2 is 2.25 bits per heavy atom. The second-order valence-electron chi connectivity index (χ2n) is 4.00. The van der Waals surface area contributed by atoms with Crippen molar-refractivity contribution in [2.45, 2.75) is 32.7 Å². The summed E-state index contributed by atoms with van der Waals surface area (Å²) < 4.78 is 0.845. The van der Waals surface area contributed by atoms with E-state index in [1.165, 1.54) is 17.7 Å².